The van der Waals surface area contributed by atoms with Crippen LogP contribution in [0, 0.1) is 6.92 Å². The van der Waals surface area contributed by atoms with Crippen molar-refractivity contribution in [2.75, 3.05) is 18.6 Å². The third-order valence-corrected chi connectivity index (χ3v) is 1.51. The summed E-state index contributed by atoms with van der Waals surface area (Å²) in [6.07, 6.45) is 0. The van der Waals surface area contributed by atoms with Crippen LogP contribution in [0.25, 0.3) is 0 Å². The average molecular weight is 182 g/mol. The Balaban J connectivity index is 0.000000310. The van der Waals surface area contributed by atoms with Gasteiger partial charge in [0.2, 0.25) is 0 Å². The lowest BCUT2D eigenvalue weighted by atomic mass is 10.2. The summed E-state index contributed by atoms with van der Waals surface area (Å²) in [6, 6.07) is 5.52. The predicted octanol–water partition coefficient (Wildman–Crippen LogP) is 0.949. The van der Waals surface area contributed by atoms with Gasteiger partial charge in [-0.3, -0.25) is 4.79 Å². The van der Waals surface area contributed by atoms with Crippen LogP contribution in [0.5, 0.6) is 0 Å². The first-order valence-electron chi connectivity index (χ1n) is 3.70. The summed E-state index contributed by atoms with van der Waals surface area (Å²) in [5.41, 5.74) is 13.6. The van der Waals surface area contributed by atoms with Crippen LogP contribution in [0.1, 0.15) is 5.56 Å². The second-order valence-corrected chi connectivity index (χ2v) is 2.39. The number of rotatable bonds is 1. The van der Waals surface area contributed by atoms with Crippen molar-refractivity contribution < 1.29 is 9.53 Å². The molecule has 4 heteroatoms. The smallest absolute Gasteiger partial charge is 0.292 e. The van der Waals surface area contributed by atoms with E-state index in [1.54, 1.807) is 0 Å². The van der Waals surface area contributed by atoms with E-state index in [1.807, 2.05) is 25.1 Å². The van der Waals surface area contributed by atoms with Crippen LogP contribution in [-0.4, -0.2) is 13.6 Å². The Morgan fingerprint density at radius 3 is 1.92 bits per heavy atom. The molecule has 4 N–H and O–H groups in total. The first-order chi connectivity index (χ1) is 6.13. The summed E-state index contributed by atoms with van der Waals surface area (Å²) in [7, 11) is 1.31. The normalized spacial score (nSPS) is 8.15. The molecule has 0 amide bonds. The van der Waals surface area contributed by atoms with E-state index in [9.17, 15) is 0 Å². The molecule has 0 saturated heterocycles. The highest BCUT2D eigenvalue weighted by atomic mass is 16.5. The summed E-state index contributed by atoms with van der Waals surface area (Å²) in [4.78, 5) is 8.95. The maximum absolute atomic E-state index is 8.95. The summed E-state index contributed by atoms with van der Waals surface area (Å²) >= 11 is 0. The van der Waals surface area contributed by atoms with E-state index in [-0.39, 0.29) is 0 Å². The summed E-state index contributed by atoms with van der Waals surface area (Å²) < 4.78 is 3.86. The Morgan fingerprint density at radius 1 is 1.31 bits per heavy atom. The van der Waals surface area contributed by atoms with E-state index in [1.165, 1.54) is 7.11 Å². The fraction of sp³-hybridized carbons (Fsp3) is 0.222. The molecular formula is C9H14N2O2. The molecule has 0 heterocycles. The van der Waals surface area contributed by atoms with Crippen molar-refractivity contribution in [3.63, 3.8) is 0 Å². The van der Waals surface area contributed by atoms with Crippen molar-refractivity contribution in [2.45, 2.75) is 6.92 Å². The number of nitrogen functional groups attached to an aromatic ring is 2. The van der Waals surface area contributed by atoms with Gasteiger partial charge in [-0.1, -0.05) is 6.07 Å². The van der Waals surface area contributed by atoms with Crippen LogP contribution in [0.3, 0.4) is 0 Å². The summed E-state index contributed by atoms with van der Waals surface area (Å²) in [5.74, 6) is 0. The average Bonchev–Trinajstić information content (AvgIpc) is 2.14. The number of nitrogens with two attached hydrogens (primary N) is 2. The monoisotopic (exact) mass is 182 g/mol. The molecule has 0 aliphatic carbocycles. The topological polar surface area (TPSA) is 78.3 Å². The molecule has 72 valence electrons. The van der Waals surface area contributed by atoms with Gasteiger partial charge in [0.1, 0.15) is 0 Å². The Bertz CT molecular complexity index is 254. The number of benzene rings is 1. The van der Waals surface area contributed by atoms with E-state index in [0.717, 1.165) is 16.9 Å². The summed E-state index contributed by atoms with van der Waals surface area (Å²) in [6.45, 7) is 2.28. The number of ether oxygens (including phenoxy) is 1. The van der Waals surface area contributed by atoms with Crippen molar-refractivity contribution in [3.05, 3.63) is 23.8 Å². The molecule has 13 heavy (non-hydrogen) atoms. The van der Waals surface area contributed by atoms with Gasteiger partial charge in [0, 0.05) is 11.4 Å². The van der Waals surface area contributed by atoms with Crippen molar-refractivity contribution in [1.82, 2.24) is 0 Å². The van der Waals surface area contributed by atoms with Crippen LogP contribution in [-0.2, 0) is 9.53 Å². The molecule has 4 nitrogen and oxygen atoms in total. The van der Waals surface area contributed by atoms with Gasteiger partial charge < -0.3 is 16.2 Å². The van der Waals surface area contributed by atoms with Crippen molar-refractivity contribution in [2.24, 2.45) is 0 Å². The number of anilines is 2. The minimum absolute atomic E-state index is 0.375. The lowest BCUT2D eigenvalue weighted by Crippen LogP contribution is -1.94. The molecule has 0 aromatic heterocycles. The number of carbonyl (C=O) groups excluding carboxylic acids is 1. The summed E-state index contributed by atoms with van der Waals surface area (Å²) in [5, 5.41) is 0. The zero-order chi connectivity index (χ0) is 10.3. The van der Waals surface area contributed by atoms with Crippen molar-refractivity contribution >= 4 is 17.8 Å². The molecule has 1 rings (SSSR count). The predicted molar refractivity (Wildman–Crippen MR) is 53.1 cm³/mol. The lowest BCUT2D eigenvalue weighted by molar-refractivity contribution is -0.126. The molecule has 1 aromatic rings. The van der Waals surface area contributed by atoms with Gasteiger partial charge in [-0.15, -0.1) is 0 Å². The highest BCUT2D eigenvalue weighted by Gasteiger charge is 1.93. The molecule has 0 aliphatic heterocycles. The molecule has 0 unspecified atom stereocenters. The standard InChI is InChI=1S/C7H10N2.C2H4O2/c1-5-6(8)3-2-4-7(5)9;1-4-2-3/h2-4H,8-9H2,1H3;2H,1H3. The SMILES string of the molecule is COC=O.Cc1c(N)cccc1N. The van der Waals surface area contributed by atoms with Crippen LogP contribution in [0.15, 0.2) is 18.2 Å². The van der Waals surface area contributed by atoms with Crippen molar-refractivity contribution in [3.8, 4) is 0 Å². The zero-order valence-electron chi connectivity index (χ0n) is 7.78. The second-order valence-electron chi connectivity index (χ2n) is 2.39. The molecule has 0 saturated carbocycles. The highest BCUT2D eigenvalue weighted by molar-refractivity contribution is 5.59. The van der Waals surface area contributed by atoms with Gasteiger partial charge in [-0.2, -0.15) is 0 Å². The molecular weight excluding hydrogens is 168 g/mol. The molecule has 0 aliphatic rings. The third-order valence-electron chi connectivity index (χ3n) is 1.51. The van der Waals surface area contributed by atoms with Gasteiger partial charge in [0.25, 0.3) is 6.47 Å². The molecule has 0 atom stereocenters. The highest BCUT2D eigenvalue weighted by Crippen LogP contribution is 2.16. The van der Waals surface area contributed by atoms with Crippen LogP contribution in [0.2, 0.25) is 0 Å². The fourth-order valence-electron chi connectivity index (χ4n) is 0.672. The molecule has 1 aromatic carbocycles. The van der Waals surface area contributed by atoms with E-state index < -0.39 is 0 Å². The van der Waals surface area contributed by atoms with Crippen LogP contribution in [0.4, 0.5) is 11.4 Å². The van der Waals surface area contributed by atoms with Gasteiger partial charge in [0.05, 0.1) is 7.11 Å². The Labute approximate surface area is 77.5 Å². The molecule has 0 fully saturated rings. The second kappa shape index (κ2) is 5.88. The van der Waals surface area contributed by atoms with E-state index in [2.05, 4.69) is 4.74 Å². The Hall–Kier alpha value is -1.71. The fourth-order valence-corrected chi connectivity index (χ4v) is 0.672. The first kappa shape index (κ1) is 11.3. The van der Waals surface area contributed by atoms with Crippen molar-refractivity contribution in [1.29, 1.82) is 0 Å². The minimum atomic E-state index is 0.375. The maximum atomic E-state index is 8.95. The van der Waals surface area contributed by atoms with Gasteiger partial charge in [0.15, 0.2) is 0 Å². The van der Waals surface area contributed by atoms with Crippen LogP contribution < -0.4 is 11.5 Å². The van der Waals surface area contributed by atoms with Crippen LogP contribution >= 0.6 is 0 Å². The number of carbonyl (C=O) groups is 1. The van der Waals surface area contributed by atoms with E-state index in [4.69, 9.17) is 16.3 Å². The first-order valence-corrected chi connectivity index (χ1v) is 3.70. The Kier molecular flexibility index (Phi) is 5.11. The number of hydrogen-bond donors (Lipinski definition) is 2. The lowest BCUT2D eigenvalue weighted by Gasteiger charge is -2.00. The molecule has 0 spiro atoms. The van der Waals surface area contributed by atoms with Gasteiger partial charge in [-0.25, -0.2) is 0 Å². The van der Waals surface area contributed by atoms with E-state index >= 15 is 0 Å². The third kappa shape index (κ3) is 4.00. The Morgan fingerprint density at radius 2 is 1.69 bits per heavy atom. The quantitative estimate of drug-likeness (QED) is 0.500. The number of hydrogen-bond acceptors (Lipinski definition) is 4. The number of methoxy groups -OCH3 is 1. The molecule has 0 bridgehead atoms. The largest absolute Gasteiger partial charge is 0.471 e. The maximum Gasteiger partial charge on any atom is 0.292 e. The minimum Gasteiger partial charge on any atom is -0.471 e. The van der Waals surface area contributed by atoms with Gasteiger partial charge >= 0.3 is 0 Å². The van der Waals surface area contributed by atoms with Gasteiger partial charge in [-0.05, 0) is 24.6 Å². The molecule has 0 radical (unpaired) electrons. The zero-order valence-corrected chi connectivity index (χ0v) is 7.78. The van der Waals surface area contributed by atoms with E-state index in [0.29, 0.717) is 6.47 Å².